The topological polar surface area (TPSA) is 58.4 Å². The Balaban J connectivity index is 0.00000441. The van der Waals surface area contributed by atoms with Crippen LogP contribution in [0.5, 0.6) is 0 Å². The number of guanidine groups is 1. The minimum Gasteiger partial charge on any atom is -0.357 e. The van der Waals surface area contributed by atoms with Crippen LogP contribution in [0.15, 0.2) is 28.0 Å². The Labute approximate surface area is 149 Å². The van der Waals surface area contributed by atoms with E-state index in [2.05, 4.69) is 21.5 Å². The molecule has 0 saturated carbocycles. The number of aliphatic imine (C=N–C) groups is 1. The van der Waals surface area contributed by atoms with Crippen molar-refractivity contribution in [3.63, 3.8) is 0 Å². The summed E-state index contributed by atoms with van der Waals surface area (Å²) in [6.45, 7) is 6.67. The molecule has 0 aromatic carbocycles. The number of hydrogen-bond donors (Lipinski definition) is 2. The van der Waals surface area contributed by atoms with Gasteiger partial charge in [-0.25, -0.2) is 0 Å². The van der Waals surface area contributed by atoms with Gasteiger partial charge in [0, 0.05) is 31.4 Å². The lowest BCUT2D eigenvalue weighted by molar-refractivity contribution is 0.585. The van der Waals surface area contributed by atoms with Crippen molar-refractivity contribution in [2.24, 2.45) is 4.99 Å². The summed E-state index contributed by atoms with van der Waals surface area (Å²) >= 11 is 0. The van der Waals surface area contributed by atoms with E-state index in [0.717, 1.165) is 37.6 Å². The molecule has 0 fully saturated rings. The van der Waals surface area contributed by atoms with Crippen molar-refractivity contribution < 1.29 is 0 Å². The largest absolute Gasteiger partial charge is 0.357 e. The average Bonchev–Trinajstić information content (AvgIpc) is 2.47. The first kappa shape index (κ1) is 20.5. The molecule has 0 unspecified atom stereocenters. The molecule has 1 aromatic heterocycles. The SMILES string of the molecule is C#CCNC(=NCCCCn1c(C)cccc1=O)NCC.I. The monoisotopic (exact) mass is 416 g/mol. The van der Waals surface area contributed by atoms with Gasteiger partial charge in [0.2, 0.25) is 0 Å². The fourth-order valence-electron chi connectivity index (χ4n) is 1.96. The fourth-order valence-corrected chi connectivity index (χ4v) is 1.96. The Kier molecular flexibility index (Phi) is 11.3. The molecule has 0 bridgehead atoms. The number of aryl methyl sites for hydroxylation is 1. The predicted molar refractivity (Wildman–Crippen MR) is 103 cm³/mol. The average molecular weight is 416 g/mol. The highest BCUT2D eigenvalue weighted by atomic mass is 127. The zero-order chi connectivity index (χ0) is 15.5. The van der Waals surface area contributed by atoms with Crippen molar-refractivity contribution in [1.29, 1.82) is 0 Å². The van der Waals surface area contributed by atoms with Crippen LogP contribution in [0.3, 0.4) is 0 Å². The lowest BCUT2D eigenvalue weighted by atomic mass is 10.3. The highest BCUT2D eigenvalue weighted by molar-refractivity contribution is 14.0. The standard InChI is InChI=1S/C16H24N4O.HI/c1-4-11-18-16(17-5-2)19-12-6-7-13-20-14(3)9-8-10-15(20)21;/h1,8-10H,5-7,11-13H2,2-3H3,(H2,17,18,19);1H. The first-order valence-corrected chi connectivity index (χ1v) is 7.31. The van der Waals surface area contributed by atoms with Crippen LogP contribution >= 0.6 is 24.0 Å². The van der Waals surface area contributed by atoms with Gasteiger partial charge in [-0.2, -0.15) is 0 Å². The number of unbranched alkanes of at least 4 members (excludes halogenated alkanes) is 1. The molecule has 5 nitrogen and oxygen atoms in total. The van der Waals surface area contributed by atoms with E-state index in [-0.39, 0.29) is 29.5 Å². The van der Waals surface area contributed by atoms with E-state index in [4.69, 9.17) is 6.42 Å². The summed E-state index contributed by atoms with van der Waals surface area (Å²) in [7, 11) is 0. The lowest BCUT2D eigenvalue weighted by Gasteiger charge is -2.10. The summed E-state index contributed by atoms with van der Waals surface area (Å²) in [6.07, 6.45) is 7.06. The van der Waals surface area contributed by atoms with Gasteiger partial charge in [0.05, 0.1) is 6.54 Å². The van der Waals surface area contributed by atoms with E-state index in [1.54, 1.807) is 16.7 Å². The molecule has 0 aliphatic rings. The molecule has 0 spiro atoms. The van der Waals surface area contributed by atoms with Crippen LogP contribution in [-0.4, -0.2) is 30.2 Å². The van der Waals surface area contributed by atoms with Crippen LogP contribution in [0, 0.1) is 19.3 Å². The van der Waals surface area contributed by atoms with Gasteiger partial charge >= 0.3 is 0 Å². The first-order valence-electron chi connectivity index (χ1n) is 7.31. The molecular weight excluding hydrogens is 391 g/mol. The molecule has 1 heterocycles. The number of pyridine rings is 1. The van der Waals surface area contributed by atoms with Crippen molar-refractivity contribution in [3.8, 4) is 12.3 Å². The summed E-state index contributed by atoms with van der Waals surface area (Å²) in [5.74, 6) is 3.26. The van der Waals surface area contributed by atoms with Gasteiger partial charge < -0.3 is 15.2 Å². The van der Waals surface area contributed by atoms with Crippen LogP contribution in [0.25, 0.3) is 0 Å². The van der Waals surface area contributed by atoms with Crippen LogP contribution in [0.4, 0.5) is 0 Å². The maximum atomic E-state index is 11.7. The smallest absolute Gasteiger partial charge is 0.250 e. The second-order valence-electron chi connectivity index (χ2n) is 4.68. The molecule has 6 heteroatoms. The summed E-state index contributed by atoms with van der Waals surface area (Å²) in [6, 6.07) is 5.34. The quantitative estimate of drug-likeness (QED) is 0.234. The maximum Gasteiger partial charge on any atom is 0.250 e. The van der Waals surface area contributed by atoms with Gasteiger partial charge in [-0.3, -0.25) is 9.79 Å². The van der Waals surface area contributed by atoms with E-state index in [1.165, 1.54) is 0 Å². The summed E-state index contributed by atoms with van der Waals surface area (Å²) in [5.41, 5.74) is 1.05. The Hall–Kier alpha value is -1.49. The predicted octanol–water partition coefficient (Wildman–Crippen LogP) is 1.74. The highest BCUT2D eigenvalue weighted by Gasteiger charge is 1.99. The highest BCUT2D eigenvalue weighted by Crippen LogP contribution is 1.98. The minimum absolute atomic E-state index is 0. The summed E-state index contributed by atoms with van der Waals surface area (Å²) < 4.78 is 1.80. The lowest BCUT2D eigenvalue weighted by Crippen LogP contribution is -2.37. The molecule has 0 amide bonds. The number of rotatable bonds is 7. The first-order chi connectivity index (χ1) is 10.2. The molecule has 0 aliphatic heterocycles. The number of aromatic nitrogens is 1. The minimum atomic E-state index is 0. The zero-order valence-electron chi connectivity index (χ0n) is 13.3. The van der Waals surface area contributed by atoms with E-state index < -0.39 is 0 Å². The number of halogens is 1. The van der Waals surface area contributed by atoms with Crippen molar-refractivity contribution in [2.75, 3.05) is 19.6 Å². The third-order valence-corrected chi connectivity index (χ3v) is 3.03. The van der Waals surface area contributed by atoms with Gasteiger partial charge in [-0.05, 0) is 32.8 Å². The number of terminal acetylenes is 1. The molecule has 0 atom stereocenters. The van der Waals surface area contributed by atoms with Crippen LogP contribution in [0.2, 0.25) is 0 Å². The fraction of sp³-hybridized carbons (Fsp3) is 0.500. The van der Waals surface area contributed by atoms with E-state index >= 15 is 0 Å². The summed E-state index contributed by atoms with van der Waals surface area (Å²) in [5, 5.41) is 6.18. The Morgan fingerprint density at radius 2 is 2.14 bits per heavy atom. The zero-order valence-corrected chi connectivity index (χ0v) is 15.6. The Bertz CT molecular complexity index is 560. The molecule has 1 aromatic rings. The van der Waals surface area contributed by atoms with Gasteiger partial charge in [0.15, 0.2) is 5.96 Å². The molecule has 0 aliphatic carbocycles. The molecule has 0 radical (unpaired) electrons. The van der Waals surface area contributed by atoms with Crippen LogP contribution < -0.4 is 16.2 Å². The van der Waals surface area contributed by atoms with Crippen molar-refractivity contribution in [1.82, 2.24) is 15.2 Å². The van der Waals surface area contributed by atoms with Crippen LogP contribution in [-0.2, 0) is 6.54 Å². The van der Waals surface area contributed by atoms with Crippen molar-refractivity contribution in [3.05, 3.63) is 34.2 Å². The number of nitrogens with one attached hydrogen (secondary N) is 2. The number of nitrogens with zero attached hydrogens (tertiary/aromatic N) is 2. The molecule has 122 valence electrons. The maximum absolute atomic E-state index is 11.7. The normalized spacial score (nSPS) is 10.5. The second kappa shape index (κ2) is 12.1. The molecule has 1 rings (SSSR count). The molecule has 0 saturated heterocycles. The summed E-state index contributed by atoms with van der Waals surface area (Å²) in [4.78, 5) is 16.2. The second-order valence-corrected chi connectivity index (χ2v) is 4.68. The third-order valence-electron chi connectivity index (χ3n) is 3.03. The van der Waals surface area contributed by atoms with Crippen molar-refractivity contribution in [2.45, 2.75) is 33.2 Å². The molecule has 2 N–H and O–H groups in total. The van der Waals surface area contributed by atoms with Gasteiger partial charge in [-0.1, -0.05) is 12.0 Å². The van der Waals surface area contributed by atoms with E-state index in [0.29, 0.717) is 13.1 Å². The van der Waals surface area contributed by atoms with Crippen molar-refractivity contribution >= 4 is 29.9 Å². The van der Waals surface area contributed by atoms with Gasteiger partial charge in [-0.15, -0.1) is 30.4 Å². The van der Waals surface area contributed by atoms with E-state index in [9.17, 15) is 4.79 Å². The molecule has 22 heavy (non-hydrogen) atoms. The van der Waals surface area contributed by atoms with E-state index in [1.807, 2.05) is 19.9 Å². The number of hydrogen-bond acceptors (Lipinski definition) is 2. The van der Waals surface area contributed by atoms with Gasteiger partial charge in [0.25, 0.3) is 5.56 Å². The van der Waals surface area contributed by atoms with Crippen LogP contribution in [0.1, 0.15) is 25.5 Å². The van der Waals surface area contributed by atoms with Gasteiger partial charge in [0.1, 0.15) is 0 Å². The Morgan fingerprint density at radius 3 is 2.77 bits per heavy atom. The Morgan fingerprint density at radius 1 is 1.36 bits per heavy atom. The third kappa shape index (κ3) is 7.50. The molecular formula is C16H25IN4O.